The van der Waals surface area contributed by atoms with E-state index in [0.717, 1.165) is 16.9 Å². The highest BCUT2D eigenvalue weighted by molar-refractivity contribution is 6.35. The van der Waals surface area contributed by atoms with E-state index in [9.17, 15) is 4.79 Å². The van der Waals surface area contributed by atoms with Crippen LogP contribution in [0.2, 0.25) is 10.0 Å². The van der Waals surface area contributed by atoms with E-state index in [4.69, 9.17) is 23.2 Å². The zero-order valence-corrected chi connectivity index (χ0v) is 16.7. The van der Waals surface area contributed by atoms with E-state index < -0.39 is 0 Å². The second kappa shape index (κ2) is 7.67. The summed E-state index contributed by atoms with van der Waals surface area (Å²) in [7, 11) is 0. The normalized spacial score (nSPS) is 10.8. The summed E-state index contributed by atoms with van der Waals surface area (Å²) in [4.78, 5) is 12.9. The summed E-state index contributed by atoms with van der Waals surface area (Å²) in [5, 5.41) is 1.10. The number of hydrogen-bond acceptors (Lipinski definition) is 1. The lowest BCUT2D eigenvalue weighted by Crippen LogP contribution is -2.15. The molecule has 0 fully saturated rings. The molecule has 0 atom stereocenters. The fourth-order valence-electron chi connectivity index (χ4n) is 3.38. The van der Waals surface area contributed by atoms with E-state index >= 15 is 0 Å². The first kappa shape index (κ1) is 18.5. The SMILES string of the molecule is Cc1c(-c2ccccc2)n(-c2ccccc2)c(-c2cc(Cl)ccc2Cl)cc1=O. The number of nitrogens with zero attached hydrogens (tertiary/aromatic N) is 1. The van der Waals surface area contributed by atoms with Crippen molar-refractivity contribution in [3.63, 3.8) is 0 Å². The Labute approximate surface area is 173 Å². The molecule has 4 heteroatoms. The third-order valence-corrected chi connectivity index (χ3v) is 5.29. The molecular formula is C24H17Cl2NO. The smallest absolute Gasteiger partial charge is 0.185 e. The van der Waals surface area contributed by atoms with Crippen molar-refractivity contribution in [3.05, 3.63) is 111 Å². The Hall–Kier alpha value is -2.81. The van der Waals surface area contributed by atoms with Crippen LogP contribution in [0.25, 0.3) is 28.2 Å². The maximum absolute atomic E-state index is 12.9. The molecule has 138 valence electrons. The van der Waals surface area contributed by atoms with Crippen LogP contribution < -0.4 is 5.43 Å². The van der Waals surface area contributed by atoms with Gasteiger partial charge in [0.1, 0.15) is 0 Å². The monoisotopic (exact) mass is 405 g/mol. The van der Waals surface area contributed by atoms with Gasteiger partial charge in [-0.15, -0.1) is 0 Å². The Bertz CT molecular complexity index is 1200. The molecular weight excluding hydrogens is 389 g/mol. The Morgan fingerprint density at radius 1 is 0.786 bits per heavy atom. The molecule has 0 aliphatic heterocycles. The van der Waals surface area contributed by atoms with E-state index in [2.05, 4.69) is 4.57 Å². The average Bonchev–Trinajstić information content (AvgIpc) is 2.72. The van der Waals surface area contributed by atoms with Gasteiger partial charge in [0.05, 0.1) is 16.4 Å². The summed E-state index contributed by atoms with van der Waals surface area (Å²) in [5.41, 5.74) is 4.79. The van der Waals surface area contributed by atoms with Crippen LogP contribution >= 0.6 is 23.2 Å². The lowest BCUT2D eigenvalue weighted by molar-refractivity contribution is 1.04. The van der Waals surface area contributed by atoms with Crippen molar-refractivity contribution in [3.8, 4) is 28.2 Å². The molecule has 0 radical (unpaired) electrons. The van der Waals surface area contributed by atoms with Gasteiger partial charge in [0, 0.05) is 27.9 Å². The van der Waals surface area contributed by atoms with Gasteiger partial charge < -0.3 is 4.57 Å². The van der Waals surface area contributed by atoms with Gasteiger partial charge in [-0.25, -0.2) is 0 Å². The van der Waals surface area contributed by atoms with Crippen molar-refractivity contribution in [2.45, 2.75) is 6.92 Å². The highest BCUT2D eigenvalue weighted by atomic mass is 35.5. The molecule has 4 rings (SSSR count). The van der Waals surface area contributed by atoms with Gasteiger partial charge in [-0.3, -0.25) is 4.79 Å². The van der Waals surface area contributed by atoms with E-state index in [1.165, 1.54) is 0 Å². The third kappa shape index (κ3) is 3.37. The first-order chi connectivity index (χ1) is 13.6. The van der Waals surface area contributed by atoms with Gasteiger partial charge in [-0.2, -0.15) is 0 Å². The van der Waals surface area contributed by atoms with Crippen molar-refractivity contribution in [1.29, 1.82) is 0 Å². The minimum atomic E-state index is -0.0444. The lowest BCUT2D eigenvalue weighted by Gasteiger charge is -2.22. The molecule has 0 spiro atoms. The predicted octanol–water partition coefficient (Wildman–Crippen LogP) is 6.79. The number of pyridine rings is 1. The molecule has 0 saturated carbocycles. The molecule has 0 amide bonds. The predicted molar refractivity (Wildman–Crippen MR) is 118 cm³/mol. The van der Waals surface area contributed by atoms with E-state index in [-0.39, 0.29) is 5.43 Å². The molecule has 28 heavy (non-hydrogen) atoms. The highest BCUT2D eigenvalue weighted by Gasteiger charge is 2.18. The van der Waals surface area contributed by atoms with Crippen LogP contribution in [-0.2, 0) is 0 Å². The molecule has 1 heterocycles. The first-order valence-electron chi connectivity index (χ1n) is 8.89. The van der Waals surface area contributed by atoms with Gasteiger partial charge in [0.15, 0.2) is 5.43 Å². The molecule has 1 aromatic heterocycles. The molecule has 0 unspecified atom stereocenters. The first-order valence-corrected chi connectivity index (χ1v) is 9.65. The Morgan fingerprint density at radius 3 is 2.11 bits per heavy atom. The standard InChI is InChI=1S/C24H17Cl2NO/c1-16-23(28)15-22(20-14-18(25)12-13-21(20)26)27(19-10-6-3-7-11-19)24(16)17-8-4-2-5-9-17/h2-15H,1H3. The van der Waals surface area contributed by atoms with Crippen LogP contribution in [0.1, 0.15) is 5.56 Å². The number of benzene rings is 3. The van der Waals surface area contributed by atoms with E-state index in [0.29, 0.717) is 26.9 Å². The Morgan fingerprint density at radius 2 is 1.43 bits per heavy atom. The van der Waals surface area contributed by atoms with Gasteiger partial charge in [-0.1, -0.05) is 71.7 Å². The lowest BCUT2D eigenvalue weighted by atomic mass is 10.0. The molecule has 4 aromatic rings. The van der Waals surface area contributed by atoms with Crippen molar-refractivity contribution in [1.82, 2.24) is 4.57 Å². The molecule has 2 nitrogen and oxygen atoms in total. The fourth-order valence-corrected chi connectivity index (χ4v) is 3.77. The second-order valence-electron chi connectivity index (χ2n) is 6.53. The summed E-state index contributed by atoms with van der Waals surface area (Å²) in [6, 6.07) is 26.8. The van der Waals surface area contributed by atoms with E-state index in [1.807, 2.05) is 67.6 Å². The molecule has 0 N–H and O–H groups in total. The number of halogens is 2. The van der Waals surface area contributed by atoms with Gasteiger partial charge in [0.25, 0.3) is 0 Å². The van der Waals surface area contributed by atoms with Gasteiger partial charge in [-0.05, 0) is 42.8 Å². The molecule has 0 aliphatic rings. The summed E-state index contributed by atoms with van der Waals surface area (Å²) in [6.45, 7) is 1.85. The number of para-hydroxylation sites is 1. The molecule has 0 aliphatic carbocycles. The average molecular weight is 406 g/mol. The largest absolute Gasteiger partial charge is 0.309 e. The summed E-state index contributed by atoms with van der Waals surface area (Å²) >= 11 is 12.8. The molecule has 0 saturated heterocycles. The van der Waals surface area contributed by atoms with Crippen LogP contribution in [0.15, 0.2) is 89.7 Å². The third-order valence-electron chi connectivity index (χ3n) is 4.72. The minimum absolute atomic E-state index is 0.0444. The van der Waals surface area contributed by atoms with Crippen molar-refractivity contribution in [2.75, 3.05) is 0 Å². The number of hydrogen-bond donors (Lipinski definition) is 0. The molecule has 3 aromatic carbocycles. The minimum Gasteiger partial charge on any atom is -0.309 e. The van der Waals surface area contributed by atoms with Crippen LogP contribution in [-0.4, -0.2) is 4.57 Å². The molecule has 0 bridgehead atoms. The van der Waals surface area contributed by atoms with Crippen molar-refractivity contribution in [2.24, 2.45) is 0 Å². The Kier molecular flexibility index (Phi) is 5.08. The van der Waals surface area contributed by atoms with Crippen LogP contribution in [0.4, 0.5) is 0 Å². The fraction of sp³-hybridized carbons (Fsp3) is 0.0417. The van der Waals surface area contributed by atoms with Crippen LogP contribution in [0.3, 0.4) is 0 Å². The Balaban J connectivity index is 2.17. The summed E-state index contributed by atoms with van der Waals surface area (Å²) < 4.78 is 2.07. The maximum atomic E-state index is 12.9. The van der Waals surface area contributed by atoms with Crippen molar-refractivity contribution >= 4 is 23.2 Å². The highest BCUT2D eigenvalue weighted by Crippen LogP contribution is 2.35. The second-order valence-corrected chi connectivity index (χ2v) is 7.37. The van der Waals surface area contributed by atoms with Gasteiger partial charge in [0.2, 0.25) is 0 Å². The van der Waals surface area contributed by atoms with Crippen LogP contribution in [0, 0.1) is 6.92 Å². The van der Waals surface area contributed by atoms with Crippen LogP contribution in [0.5, 0.6) is 0 Å². The topological polar surface area (TPSA) is 22.0 Å². The maximum Gasteiger partial charge on any atom is 0.185 e. The number of aromatic nitrogens is 1. The zero-order valence-electron chi connectivity index (χ0n) is 15.2. The van der Waals surface area contributed by atoms with E-state index in [1.54, 1.807) is 24.3 Å². The number of rotatable bonds is 3. The quantitative estimate of drug-likeness (QED) is 0.367. The summed E-state index contributed by atoms with van der Waals surface area (Å²) in [6.07, 6.45) is 0. The summed E-state index contributed by atoms with van der Waals surface area (Å²) in [5.74, 6) is 0. The van der Waals surface area contributed by atoms with Gasteiger partial charge >= 0.3 is 0 Å². The zero-order chi connectivity index (χ0) is 19.7. The van der Waals surface area contributed by atoms with Crippen molar-refractivity contribution < 1.29 is 0 Å².